The highest BCUT2D eigenvalue weighted by molar-refractivity contribution is 7.18. The van der Waals surface area contributed by atoms with Gasteiger partial charge in [0.15, 0.2) is 0 Å². The molecule has 28 heavy (non-hydrogen) atoms. The fraction of sp³-hybridized carbons (Fsp3) is 0.286. The number of urea groups is 1. The van der Waals surface area contributed by atoms with Crippen molar-refractivity contribution in [3.63, 3.8) is 0 Å². The Morgan fingerprint density at radius 3 is 2.75 bits per heavy atom. The summed E-state index contributed by atoms with van der Waals surface area (Å²) < 4.78 is 1.06. The number of amides is 3. The number of piperidine rings is 1. The summed E-state index contributed by atoms with van der Waals surface area (Å²) >= 11 is 1.61. The van der Waals surface area contributed by atoms with E-state index in [9.17, 15) is 9.59 Å². The van der Waals surface area contributed by atoms with E-state index in [4.69, 9.17) is 0 Å². The Morgan fingerprint density at radius 2 is 1.93 bits per heavy atom. The lowest BCUT2D eigenvalue weighted by molar-refractivity contribution is -0.121. The van der Waals surface area contributed by atoms with Crippen molar-refractivity contribution in [2.24, 2.45) is 5.92 Å². The van der Waals surface area contributed by atoms with E-state index in [2.05, 4.69) is 15.6 Å². The molecule has 4 rings (SSSR count). The van der Waals surface area contributed by atoms with Crippen LogP contribution in [0.1, 0.15) is 17.8 Å². The maximum Gasteiger partial charge on any atom is 0.321 e. The van der Waals surface area contributed by atoms with Crippen LogP contribution >= 0.6 is 11.3 Å². The highest BCUT2D eigenvalue weighted by Crippen LogP contribution is 2.26. The Bertz CT molecular complexity index is 1000. The second-order valence-corrected chi connectivity index (χ2v) is 8.22. The summed E-state index contributed by atoms with van der Waals surface area (Å²) in [5, 5.41) is 6.90. The average Bonchev–Trinajstić information content (AvgIpc) is 3.08. The number of carbonyl (C=O) groups excluding carboxylic acids is 2. The van der Waals surface area contributed by atoms with Crippen molar-refractivity contribution < 1.29 is 9.59 Å². The molecule has 1 fully saturated rings. The first-order valence-corrected chi connectivity index (χ1v) is 10.2. The Morgan fingerprint density at radius 1 is 1.11 bits per heavy atom. The van der Waals surface area contributed by atoms with Crippen molar-refractivity contribution in [1.82, 2.24) is 9.88 Å². The number of carbonyl (C=O) groups is 2. The summed E-state index contributed by atoms with van der Waals surface area (Å²) in [6.45, 7) is 3.06. The minimum absolute atomic E-state index is 0.0437. The van der Waals surface area contributed by atoms with Crippen LogP contribution in [0, 0.1) is 12.8 Å². The van der Waals surface area contributed by atoms with E-state index in [0.29, 0.717) is 13.1 Å². The van der Waals surface area contributed by atoms with Crippen molar-refractivity contribution in [3.05, 3.63) is 53.5 Å². The zero-order chi connectivity index (χ0) is 19.5. The fourth-order valence-electron chi connectivity index (χ4n) is 3.46. The molecule has 2 N–H and O–H groups in total. The van der Waals surface area contributed by atoms with Crippen molar-refractivity contribution in [1.29, 1.82) is 0 Å². The summed E-state index contributed by atoms with van der Waals surface area (Å²) in [7, 11) is 0. The molecule has 0 radical (unpaired) electrons. The number of para-hydroxylation sites is 1. The maximum absolute atomic E-state index is 12.8. The normalized spacial score (nSPS) is 16.8. The summed E-state index contributed by atoms with van der Waals surface area (Å²) in [6, 6.07) is 15.0. The van der Waals surface area contributed by atoms with Crippen LogP contribution in [0.2, 0.25) is 0 Å². The Labute approximate surface area is 167 Å². The lowest BCUT2D eigenvalue weighted by atomic mass is 9.97. The third-order valence-corrected chi connectivity index (χ3v) is 5.80. The molecule has 3 aromatic rings. The molecule has 2 aromatic carbocycles. The van der Waals surface area contributed by atoms with E-state index >= 15 is 0 Å². The molecular formula is C21H22N4O2S. The van der Waals surface area contributed by atoms with E-state index in [1.54, 1.807) is 16.2 Å². The van der Waals surface area contributed by atoms with Gasteiger partial charge in [-0.05, 0) is 50.1 Å². The van der Waals surface area contributed by atoms with Gasteiger partial charge >= 0.3 is 6.03 Å². The molecule has 3 amide bonds. The fourth-order valence-corrected chi connectivity index (χ4v) is 4.33. The number of fused-ring (bicyclic) bond motifs is 1. The van der Waals surface area contributed by atoms with E-state index in [1.165, 1.54) is 0 Å². The van der Waals surface area contributed by atoms with Gasteiger partial charge in [0.2, 0.25) is 5.91 Å². The van der Waals surface area contributed by atoms with Crippen molar-refractivity contribution in [2.45, 2.75) is 19.8 Å². The summed E-state index contributed by atoms with van der Waals surface area (Å²) in [6.07, 6.45) is 1.59. The lowest BCUT2D eigenvalue weighted by Gasteiger charge is -2.32. The topological polar surface area (TPSA) is 74.3 Å². The van der Waals surface area contributed by atoms with E-state index in [0.717, 1.165) is 39.4 Å². The van der Waals surface area contributed by atoms with E-state index in [-0.39, 0.29) is 17.9 Å². The minimum atomic E-state index is -0.214. The van der Waals surface area contributed by atoms with Gasteiger partial charge in [-0.1, -0.05) is 18.2 Å². The number of thiazole rings is 1. The second-order valence-electron chi connectivity index (χ2n) is 6.99. The molecule has 6 nitrogen and oxygen atoms in total. The predicted molar refractivity (Wildman–Crippen MR) is 113 cm³/mol. The van der Waals surface area contributed by atoms with Crippen LogP contribution in [0.15, 0.2) is 48.5 Å². The number of hydrogen-bond acceptors (Lipinski definition) is 4. The molecule has 1 aliphatic heterocycles. The molecule has 1 atom stereocenters. The van der Waals surface area contributed by atoms with Crippen molar-refractivity contribution >= 4 is 44.9 Å². The molecule has 2 heterocycles. The molecule has 1 saturated heterocycles. The van der Waals surface area contributed by atoms with E-state index in [1.807, 2.05) is 55.5 Å². The minimum Gasteiger partial charge on any atom is -0.326 e. The quantitative estimate of drug-likeness (QED) is 0.687. The van der Waals surface area contributed by atoms with Gasteiger partial charge < -0.3 is 15.5 Å². The number of benzene rings is 2. The third kappa shape index (κ3) is 4.14. The zero-order valence-corrected chi connectivity index (χ0v) is 16.5. The molecule has 144 valence electrons. The zero-order valence-electron chi connectivity index (χ0n) is 15.6. The second kappa shape index (κ2) is 7.98. The number of aryl methyl sites for hydroxylation is 1. The molecule has 1 aliphatic rings. The predicted octanol–water partition coefficient (Wildman–Crippen LogP) is 4.49. The average molecular weight is 395 g/mol. The molecule has 0 aliphatic carbocycles. The van der Waals surface area contributed by atoms with Crippen LogP contribution in [0.4, 0.5) is 16.2 Å². The van der Waals surface area contributed by atoms with Crippen LogP contribution in [0.3, 0.4) is 0 Å². The van der Waals surface area contributed by atoms with Gasteiger partial charge in [-0.25, -0.2) is 9.78 Å². The van der Waals surface area contributed by atoms with Crippen molar-refractivity contribution in [2.75, 3.05) is 23.7 Å². The van der Waals surface area contributed by atoms with Gasteiger partial charge in [-0.15, -0.1) is 11.3 Å². The Hall–Kier alpha value is -2.93. The molecule has 7 heteroatoms. The molecule has 0 bridgehead atoms. The van der Waals surface area contributed by atoms with Gasteiger partial charge in [0, 0.05) is 24.5 Å². The van der Waals surface area contributed by atoms with Crippen LogP contribution in [-0.4, -0.2) is 34.9 Å². The van der Waals surface area contributed by atoms with Crippen LogP contribution in [0.5, 0.6) is 0 Å². The lowest BCUT2D eigenvalue weighted by Crippen LogP contribution is -2.45. The molecule has 0 saturated carbocycles. The first kappa shape index (κ1) is 18.4. The summed E-state index contributed by atoms with van der Waals surface area (Å²) in [5.74, 6) is -0.257. The largest absolute Gasteiger partial charge is 0.326 e. The van der Waals surface area contributed by atoms with Gasteiger partial charge in [-0.3, -0.25) is 4.79 Å². The first-order valence-electron chi connectivity index (χ1n) is 9.37. The number of nitrogens with zero attached hydrogens (tertiary/aromatic N) is 2. The van der Waals surface area contributed by atoms with Gasteiger partial charge in [0.05, 0.1) is 21.1 Å². The Kier molecular flexibility index (Phi) is 5.25. The standard InChI is InChI=1S/C21H22N4O2S/c1-14-22-18-10-9-17(12-19(18)28-14)23-20(26)15-6-5-11-25(13-15)21(27)24-16-7-3-2-4-8-16/h2-4,7-10,12,15H,5-6,11,13H2,1H3,(H,23,26)(H,24,27)/t15-/m1/s1. The number of nitrogens with one attached hydrogen (secondary N) is 2. The number of anilines is 2. The summed E-state index contributed by atoms with van der Waals surface area (Å²) in [4.78, 5) is 31.4. The molecule has 0 unspecified atom stereocenters. The van der Waals surface area contributed by atoms with Crippen molar-refractivity contribution in [3.8, 4) is 0 Å². The summed E-state index contributed by atoms with van der Waals surface area (Å²) in [5.41, 5.74) is 2.47. The molecule has 1 aromatic heterocycles. The van der Waals surface area contributed by atoms with Gasteiger partial charge in [0.1, 0.15) is 0 Å². The number of hydrogen-bond donors (Lipinski definition) is 2. The third-order valence-electron chi connectivity index (χ3n) is 4.87. The highest BCUT2D eigenvalue weighted by Gasteiger charge is 2.28. The monoisotopic (exact) mass is 394 g/mol. The number of rotatable bonds is 3. The number of aromatic nitrogens is 1. The maximum atomic E-state index is 12.8. The highest BCUT2D eigenvalue weighted by atomic mass is 32.1. The Balaban J connectivity index is 1.39. The van der Waals surface area contributed by atoms with Crippen LogP contribution < -0.4 is 10.6 Å². The molecular weight excluding hydrogens is 372 g/mol. The van der Waals surface area contributed by atoms with Gasteiger partial charge in [-0.2, -0.15) is 0 Å². The smallest absolute Gasteiger partial charge is 0.321 e. The molecule has 0 spiro atoms. The van der Waals surface area contributed by atoms with Crippen LogP contribution in [-0.2, 0) is 4.79 Å². The van der Waals surface area contributed by atoms with Crippen LogP contribution in [0.25, 0.3) is 10.2 Å². The number of likely N-dealkylation sites (tertiary alicyclic amines) is 1. The SMILES string of the molecule is Cc1nc2ccc(NC(=O)[C@@H]3CCCN(C(=O)Nc4ccccc4)C3)cc2s1. The van der Waals surface area contributed by atoms with E-state index < -0.39 is 0 Å². The van der Waals surface area contributed by atoms with Gasteiger partial charge in [0.25, 0.3) is 0 Å². The first-order chi connectivity index (χ1) is 13.6.